The summed E-state index contributed by atoms with van der Waals surface area (Å²) in [6.07, 6.45) is 4.94. The van der Waals surface area contributed by atoms with Crippen LogP contribution in [0.3, 0.4) is 0 Å². The van der Waals surface area contributed by atoms with E-state index in [1.807, 2.05) is 0 Å². The monoisotopic (exact) mass is 192 g/mol. The molecule has 1 rings (SSSR count). The number of nitrogens with one attached hydrogen (secondary N) is 2. The largest absolute Gasteiger partial charge is 0.327 e. The lowest BCUT2D eigenvalue weighted by atomic mass is 10.3. The lowest BCUT2D eigenvalue weighted by Gasteiger charge is -2.04. The van der Waals surface area contributed by atoms with Crippen LogP contribution in [0.1, 0.15) is 0 Å². The van der Waals surface area contributed by atoms with E-state index in [2.05, 4.69) is 16.6 Å². The molecule has 0 saturated heterocycles. The van der Waals surface area contributed by atoms with Crippen molar-refractivity contribution in [3.8, 4) is 12.3 Å². The van der Waals surface area contributed by atoms with E-state index in [4.69, 9.17) is 6.42 Å². The summed E-state index contributed by atoms with van der Waals surface area (Å²) in [6, 6.07) is 5.15. The standard InChI is InChI=1S/C10H9FN2O/c1-2-6-12-10(14)13-9-5-3-4-8(11)7-9/h1,3-5,7H,6H2,(H2,12,13,14). The van der Waals surface area contributed by atoms with Crippen molar-refractivity contribution in [1.82, 2.24) is 5.32 Å². The summed E-state index contributed by atoms with van der Waals surface area (Å²) in [5.41, 5.74) is 0.388. The van der Waals surface area contributed by atoms with Crippen molar-refractivity contribution in [3.63, 3.8) is 0 Å². The average molecular weight is 192 g/mol. The zero-order valence-corrected chi connectivity index (χ0v) is 7.38. The predicted molar refractivity (Wildman–Crippen MR) is 52.3 cm³/mol. The summed E-state index contributed by atoms with van der Waals surface area (Å²) < 4.78 is 12.7. The van der Waals surface area contributed by atoms with Crippen LogP contribution in [0.5, 0.6) is 0 Å². The Morgan fingerprint density at radius 1 is 1.57 bits per heavy atom. The number of amides is 2. The predicted octanol–water partition coefficient (Wildman–Crippen LogP) is 1.58. The van der Waals surface area contributed by atoms with E-state index in [-0.39, 0.29) is 6.54 Å². The Morgan fingerprint density at radius 2 is 2.36 bits per heavy atom. The van der Waals surface area contributed by atoms with Crippen LogP contribution in [0.15, 0.2) is 24.3 Å². The number of urea groups is 1. The highest BCUT2D eigenvalue weighted by Gasteiger charge is 1.99. The fourth-order valence-electron chi connectivity index (χ4n) is 0.873. The van der Waals surface area contributed by atoms with Gasteiger partial charge in [0.1, 0.15) is 5.82 Å². The number of hydrogen-bond acceptors (Lipinski definition) is 1. The van der Waals surface area contributed by atoms with E-state index >= 15 is 0 Å². The number of rotatable bonds is 2. The van der Waals surface area contributed by atoms with Gasteiger partial charge in [0.05, 0.1) is 6.54 Å². The van der Waals surface area contributed by atoms with Gasteiger partial charge in [0.2, 0.25) is 0 Å². The van der Waals surface area contributed by atoms with Crippen LogP contribution in [-0.2, 0) is 0 Å². The van der Waals surface area contributed by atoms with Crippen molar-refractivity contribution < 1.29 is 9.18 Å². The molecule has 0 aliphatic carbocycles. The zero-order valence-electron chi connectivity index (χ0n) is 7.38. The first-order valence-corrected chi connectivity index (χ1v) is 3.96. The molecule has 3 nitrogen and oxygen atoms in total. The van der Waals surface area contributed by atoms with Gasteiger partial charge in [-0.2, -0.15) is 0 Å². The lowest BCUT2D eigenvalue weighted by molar-refractivity contribution is 0.253. The van der Waals surface area contributed by atoms with Gasteiger partial charge in [-0.25, -0.2) is 9.18 Å². The number of halogens is 1. The van der Waals surface area contributed by atoms with Gasteiger partial charge in [-0.3, -0.25) is 0 Å². The van der Waals surface area contributed by atoms with Gasteiger partial charge in [0.25, 0.3) is 0 Å². The molecule has 0 atom stereocenters. The molecule has 1 aromatic rings. The van der Waals surface area contributed by atoms with Crippen LogP contribution in [0, 0.1) is 18.2 Å². The van der Waals surface area contributed by atoms with Gasteiger partial charge in [-0.05, 0) is 18.2 Å². The third kappa shape index (κ3) is 3.15. The summed E-state index contributed by atoms with van der Waals surface area (Å²) in [4.78, 5) is 11.0. The van der Waals surface area contributed by atoms with Gasteiger partial charge in [-0.1, -0.05) is 12.0 Å². The molecule has 0 bridgehead atoms. The number of benzene rings is 1. The highest BCUT2D eigenvalue weighted by atomic mass is 19.1. The van der Waals surface area contributed by atoms with Gasteiger partial charge in [0, 0.05) is 5.69 Å². The fourth-order valence-corrected chi connectivity index (χ4v) is 0.873. The molecule has 0 saturated carbocycles. The van der Waals surface area contributed by atoms with E-state index in [9.17, 15) is 9.18 Å². The van der Waals surface area contributed by atoms with Crippen molar-refractivity contribution in [2.75, 3.05) is 11.9 Å². The summed E-state index contributed by atoms with van der Waals surface area (Å²) in [5, 5.41) is 4.82. The van der Waals surface area contributed by atoms with Gasteiger partial charge < -0.3 is 10.6 Å². The fraction of sp³-hybridized carbons (Fsp3) is 0.100. The Labute approximate surface area is 81.3 Å². The maximum absolute atomic E-state index is 12.7. The first-order chi connectivity index (χ1) is 6.72. The molecule has 0 spiro atoms. The number of hydrogen-bond donors (Lipinski definition) is 2. The van der Waals surface area contributed by atoms with Crippen molar-refractivity contribution >= 4 is 11.7 Å². The lowest BCUT2D eigenvalue weighted by Crippen LogP contribution is -2.28. The molecular weight excluding hydrogens is 183 g/mol. The second-order valence-corrected chi connectivity index (χ2v) is 2.52. The van der Waals surface area contributed by atoms with Crippen LogP contribution < -0.4 is 10.6 Å². The Balaban J connectivity index is 2.53. The Morgan fingerprint density at radius 3 is 3.00 bits per heavy atom. The zero-order chi connectivity index (χ0) is 10.4. The quantitative estimate of drug-likeness (QED) is 0.686. The normalized spacial score (nSPS) is 8.86. The average Bonchev–Trinajstić information content (AvgIpc) is 2.15. The number of anilines is 1. The minimum Gasteiger partial charge on any atom is -0.327 e. The third-order valence-corrected chi connectivity index (χ3v) is 1.43. The molecule has 0 aromatic heterocycles. The van der Waals surface area contributed by atoms with Crippen molar-refractivity contribution in [2.45, 2.75) is 0 Å². The minimum absolute atomic E-state index is 0.140. The number of carbonyl (C=O) groups is 1. The van der Waals surface area contributed by atoms with Crippen LogP contribution in [0.25, 0.3) is 0 Å². The van der Waals surface area contributed by atoms with Gasteiger partial charge >= 0.3 is 6.03 Å². The van der Waals surface area contributed by atoms with E-state index in [1.54, 1.807) is 6.07 Å². The Kier molecular flexibility index (Phi) is 3.50. The maximum Gasteiger partial charge on any atom is 0.319 e. The smallest absolute Gasteiger partial charge is 0.319 e. The third-order valence-electron chi connectivity index (χ3n) is 1.43. The molecule has 0 fully saturated rings. The van der Waals surface area contributed by atoms with E-state index in [0.717, 1.165) is 0 Å². The van der Waals surface area contributed by atoms with Gasteiger partial charge in [0.15, 0.2) is 0 Å². The number of terminal acetylenes is 1. The number of carbonyl (C=O) groups excluding carboxylic acids is 1. The molecule has 4 heteroatoms. The van der Waals surface area contributed by atoms with Gasteiger partial charge in [-0.15, -0.1) is 6.42 Å². The molecule has 2 amide bonds. The van der Waals surface area contributed by atoms with Crippen LogP contribution in [-0.4, -0.2) is 12.6 Å². The molecule has 0 heterocycles. The molecule has 1 aromatic carbocycles. The molecule has 0 radical (unpaired) electrons. The van der Waals surface area contributed by atoms with Crippen LogP contribution in [0.2, 0.25) is 0 Å². The molecule has 14 heavy (non-hydrogen) atoms. The minimum atomic E-state index is -0.450. The summed E-state index contributed by atoms with van der Waals surface area (Å²) in [5.74, 6) is 1.85. The van der Waals surface area contributed by atoms with Crippen molar-refractivity contribution in [1.29, 1.82) is 0 Å². The van der Waals surface area contributed by atoms with E-state index < -0.39 is 11.8 Å². The van der Waals surface area contributed by atoms with E-state index in [0.29, 0.717) is 5.69 Å². The Bertz CT molecular complexity index is 371. The van der Waals surface area contributed by atoms with E-state index in [1.165, 1.54) is 18.2 Å². The molecule has 2 N–H and O–H groups in total. The molecule has 0 unspecified atom stereocenters. The SMILES string of the molecule is C#CCNC(=O)Nc1cccc(F)c1. The first-order valence-electron chi connectivity index (χ1n) is 3.96. The molecule has 0 aliphatic rings. The molecule has 72 valence electrons. The second kappa shape index (κ2) is 4.87. The summed E-state index contributed by atoms with van der Waals surface area (Å²) in [7, 11) is 0. The van der Waals surface area contributed by atoms with Crippen molar-refractivity contribution in [3.05, 3.63) is 30.1 Å². The van der Waals surface area contributed by atoms with Crippen LogP contribution in [0.4, 0.5) is 14.9 Å². The highest BCUT2D eigenvalue weighted by Crippen LogP contribution is 2.08. The molecule has 0 aliphatic heterocycles. The topological polar surface area (TPSA) is 41.1 Å². The van der Waals surface area contributed by atoms with Crippen LogP contribution >= 0.6 is 0 Å². The second-order valence-electron chi connectivity index (χ2n) is 2.52. The highest BCUT2D eigenvalue weighted by molar-refractivity contribution is 5.89. The first kappa shape index (κ1) is 10.1. The summed E-state index contributed by atoms with van der Waals surface area (Å²) in [6.45, 7) is 0.140. The van der Waals surface area contributed by atoms with Crippen molar-refractivity contribution in [2.24, 2.45) is 0 Å². The Hall–Kier alpha value is -2.02. The summed E-state index contributed by atoms with van der Waals surface area (Å²) >= 11 is 0. The molecular formula is C10H9FN2O. The maximum atomic E-state index is 12.7.